The van der Waals surface area contributed by atoms with E-state index in [1.807, 2.05) is 0 Å². The lowest BCUT2D eigenvalue weighted by Gasteiger charge is -2.64. The molecule has 1 saturated heterocycles. The molecule has 1 aliphatic heterocycles. The van der Waals surface area contributed by atoms with E-state index in [4.69, 9.17) is 9.31 Å². The smallest absolute Gasteiger partial charge is 0.405 e. The lowest BCUT2D eigenvalue weighted by Crippen LogP contribution is -2.65. The fourth-order valence-electron chi connectivity index (χ4n) is 5.51. The van der Waals surface area contributed by atoms with Crippen molar-refractivity contribution in [3.05, 3.63) is 0 Å². The molecule has 112 valence electrons. The van der Waals surface area contributed by atoms with Crippen molar-refractivity contribution in [2.75, 3.05) is 0 Å². The molecule has 1 heterocycles. The summed E-state index contributed by atoms with van der Waals surface area (Å²) in [7, 11) is 0.0562. The first-order valence-electron chi connectivity index (χ1n) is 8.74. The molecule has 5 rings (SSSR count). The van der Waals surface area contributed by atoms with Gasteiger partial charge in [-0.05, 0) is 55.2 Å². The highest BCUT2D eigenvalue weighted by atomic mass is 16.7. The van der Waals surface area contributed by atoms with Crippen LogP contribution in [-0.4, -0.2) is 18.8 Å². The van der Waals surface area contributed by atoms with Crippen molar-refractivity contribution in [2.45, 2.75) is 83.7 Å². The zero-order valence-corrected chi connectivity index (χ0v) is 13.5. The normalized spacial score (nSPS) is 47.4. The molecule has 0 aromatic rings. The van der Waals surface area contributed by atoms with Crippen LogP contribution < -0.4 is 0 Å². The summed E-state index contributed by atoms with van der Waals surface area (Å²) in [6.07, 6.45) is 8.51. The Bertz CT molecular complexity index is 406. The third-order valence-corrected chi connectivity index (χ3v) is 7.36. The van der Waals surface area contributed by atoms with Crippen molar-refractivity contribution in [3.63, 3.8) is 0 Å². The first kappa shape index (κ1) is 13.6. The molecule has 0 unspecified atom stereocenters. The van der Waals surface area contributed by atoms with Crippen molar-refractivity contribution in [3.8, 4) is 0 Å². The maximum absolute atomic E-state index is 6.55. The average molecular weight is 276 g/mol. The molecule has 5 fully saturated rings. The largest absolute Gasteiger partial charge is 0.460 e. The summed E-state index contributed by atoms with van der Waals surface area (Å²) >= 11 is 0. The summed E-state index contributed by atoms with van der Waals surface area (Å²) in [5.74, 6) is 3.05. The van der Waals surface area contributed by atoms with E-state index in [0.29, 0.717) is 23.3 Å². The van der Waals surface area contributed by atoms with Gasteiger partial charge in [0.1, 0.15) is 0 Å². The molecule has 0 aromatic heterocycles. The van der Waals surface area contributed by atoms with Gasteiger partial charge in [-0.15, -0.1) is 0 Å². The highest BCUT2D eigenvalue weighted by molar-refractivity contribution is 6.47. The Morgan fingerprint density at radius 1 is 1.20 bits per heavy atom. The van der Waals surface area contributed by atoms with E-state index in [0.717, 1.165) is 11.8 Å². The van der Waals surface area contributed by atoms with Gasteiger partial charge in [0, 0.05) is 0 Å². The molecular weight excluding hydrogens is 247 g/mol. The molecule has 0 spiro atoms. The molecule has 0 radical (unpaired) electrons. The predicted molar refractivity (Wildman–Crippen MR) is 81.5 cm³/mol. The summed E-state index contributed by atoms with van der Waals surface area (Å²) in [5, 5.41) is 0. The Balaban J connectivity index is 1.46. The number of hydrogen-bond donors (Lipinski definition) is 0. The van der Waals surface area contributed by atoms with Gasteiger partial charge in [0.05, 0.1) is 11.7 Å². The summed E-state index contributed by atoms with van der Waals surface area (Å²) in [6.45, 7) is 9.53. The summed E-state index contributed by atoms with van der Waals surface area (Å²) in [6, 6.07) is 0. The van der Waals surface area contributed by atoms with E-state index < -0.39 is 0 Å². The van der Waals surface area contributed by atoms with Crippen molar-refractivity contribution in [2.24, 2.45) is 23.2 Å². The topological polar surface area (TPSA) is 18.5 Å². The molecule has 0 amide bonds. The van der Waals surface area contributed by atoms with Gasteiger partial charge in [-0.25, -0.2) is 0 Å². The van der Waals surface area contributed by atoms with Crippen LogP contribution >= 0.6 is 0 Å². The van der Waals surface area contributed by atoms with E-state index >= 15 is 0 Å². The average Bonchev–Trinajstić information content (AvgIpc) is 2.70. The van der Waals surface area contributed by atoms with Gasteiger partial charge in [0.2, 0.25) is 0 Å². The van der Waals surface area contributed by atoms with Crippen LogP contribution in [0.15, 0.2) is 0 Å². The zero-order valence-electron chi connectivity index (χ0n) is 13.5. The van der Waals surface area contributed by atoms with Crippen molar-refractivity contribution in [1.82, 2.24) is 0 Å². The second kappa shape index (κ2) is 4.26. The standard InChI is InChI=1S/C17H29BO2/c1-11(8-12-6-5-7-12)18-19-15-10-13-9-14(16(13,2)3)17(15,4)20-18/h11-15H,5-10H2,1-4H3/t11-,13-,14-,15+,17-/m0/s1. The predicted octanol–water partition coefficient (Wildman–Crippen LogP) is 4.30. The highest BCUT2D eigenvalue weighted by Gasteiger charge is 2.68. The van der Waals surface area contributed by atoms with Gasteiger partial charge in [0.15, 0.2) is 0 Å². The SMILES string of the molecule is C[C@@H](CC1CCC1)B1O[C@@H]2C[C@@H]3C[C@@H](C3(C)C)[C@]2(C)O1. The quantitative estimate of drug-likeness (QED) is 0.716. The van der Waals surface area contributed by atoms with Crippen LogP contribution in [0.3, 0.4) is 0 Å². The van der Waals surface area contributed by atoms with Crippen LogP contribution in [0, 0.1) is 23.2 Å². The van der Waals surface area contributed by atoms with Crippen LogP contribution in [-0.2, 0) is 9.31 Å². The lowest BCUT2D eigenvalue weighted by molar-refractivity contribution is -0.199. The molecule has 3 heteroatoms. The molecule has 20 heavy (non-hydrogen) atoms. The first-order valence-corrected chi connectivity index (χ1v) is 8.74. The number of rotatable bonds is 3. The van der Waals surface area contributed by atoms with Gasteiger partial charge in [-0.1, -0.05) is 40.0 Å². The molecule has 2 bridgehead atoms. The van der Waals surface area contributed by atoms with E-state index in [2.05, 4.69) is 27.7 Å². The van der Waals surface area contributed by atoms with Crippen LogP contribution in [0.4, 0.5) is 0 Å². The van der Waals surface area contributed by atoms with Crippen molar-refractivity contribution < 1.29 is 9.31 Å². The minimum absolute atomic E-state index is 0.0171. The molecule has 4 aliphatic carbocycles. The molecular formula is C17H29BO2. The maximum atomic E-state index is 6.55. The molecule has 2 nitrogen and oxygen atoms in total. The second-order valence-corrected chi connectivity index (χ2v) is 8.85. The molecule has 5 atom stereocenters. The highest BCUT2D eigenvalue weighted by Crippen LogP contribution is 2.66. The monoisotopic (exact) mass is 276 g/mol. The van der Waals surface area contributed by atoms with Crippen LogP contribution in [0.25, 0.3) is 0 Å². The van der Waals surface area contributed by atoms with Crippen LogP contribution in [0.2, 0.25) is 5.82 Å². The zero-order chi connectivity index (χ0) is 14.1. The van der Waals surface area contributed by atoms with E-state index in [1.165, 1.54) is 38.5 Å². The molecule has 0 N–H and O–H groups in total. The van der Waals surface area contributed by atoms with E-state index in [-0.39, 0.29) is 12.7 Å². The third-order valence-electron chi connectivity index (χ3n) is 7.36. The maximum Gasteiger partial charge on any atom is 0.460 e. The fourth-order valence-corrected chi connectivity index (χ4v) is 5.51. The van der Waals surface area contributed by atoms with Crippen LogP contribution in [0.5, 0.6) is 0 Å². The van der Waals surface area contributed by atoms with Gasteiger partial charge >= 0.3 is 7.12 Å². The van der Waals surface area contributed by atoms with Gasteiger partial charge in [-0.2, -0.15) is 0 Å². The fraction of sp³-hybridized carbons (Fsp3) is 1.00. The molecule has 0 aromatic carbocycles. The van der Waals surface area contributed by atoms with Gasteiger partial charge in [-0.3, -0.25) is 0 Å². The van der Waals surface area contributed by atoms with Crippen molar-refractivity contribution >= 4 is 7.12 Å². The third kappa shape index (κ3) is 1.72. The Hall–Kier alpha value is -0.0151. The minimum Gasteiger partial charge on any atom is -0.405 e. The summed E-state index contributed by atoms with van der Waals surface area (Å²) < 4.78 is 12.9. The van der Waals surface area contributed by atoms with Crippen LogP contribution in [0.1, 0.15) is 66.2 Å². The summed E-state index contributed by atoms with van der Waals surface area (Å²) in [4.78, 5) is 0. The van der Waals surface area contributed by atoms with Gasteiger partial charge in [0.25, 0.3) is 0 Å². The number of hydrogen-bond acceptors (Lipinski definition) is 2. The van der Waals surface area contributed by atoms with E-state index in [1.54, 1.807) is 0 Å². The molecule has 5 aliphatic rings. The first-order chi connectivity index (χ1) is 9.41. The Labute approximate surface area is 124 Å². The lowest BCUT2D eigenvalue weighted by atomic mass is 9.43. The molecule has 4 saturated carbocycles. The van der Waals surface area contributed by atoms with E-state index in [9.17, 15) is 0 Å². The Morgan fingerprint density at radius 3 is 2.55 bits per heavy atom. The Morgan fingerprint density at radius 2 is 1.95 bits per heavy atom. The van der Waals surface area contributed by atoms with Crippen molar-refractivity contribution in [1.29, 1.82) is 0 Å². The Kier molecular flexibility index (Phi) is 2.90. The second-order valence-electron chi connectivity index (χ2n) is 8.85. The van der Waals surface area contributed by atoms with Gasteiger partial charge < -0.3 is 9.31 Å². The minimum atomic E-state index is -0.0171. The summed E-state index contributed by atoms with van der Waals surface area (Å²) in [5.41, 5.74) is 0.442.